The second-order valence-corrected chi connectivity index (χ2v) is 7.94. The number of ether oxygens (including phenoxy) is 2. The Balaban J connectivity index is 1.71. The zero-order chi connectivity index (χ0) is 19.4. The number of thiocarbonyl (C=S) groups is 1. The molecule has 1 aliphatic rings. The van der Waals surface area contributed by atoms with Crippen LogP contribution in [0, 0.1) is 0 Å². The first-order valence-electron chi connectivity index (χ1n) is 8.23. The zero-order valence-electron chi connectivity index (χ0n) is 14.9. The van der Waals surface area contributed by atoms with E-state index in [9.17, 15) is 4.79 Å². The Hall–Kier alpha value is -2.02. The van der Waals surface area contributed by atoms with Gasteiger partial charge in [0.2, 0.25) is 0 Å². The van der Waals surface area contributed by atoms with Gasteiger partial charge < -0.3 is 9.47 Å². The third-order valence-electron chi connectivity index (χ3n) is 4.09. The second-order valence-electron chi connectivity index (χ2n) is 5.83. The first-order valence-corrected chi connectivity index (χ1v) is 9.84. The molecule has 0 aliphatic carbocycles. The standard InChI is InChI=1S/C20H18ClNO3S2/c1-24-16-7-6-13(11-17(16)25-2)8-9-22-19(23)18(27-20(22)26)12-14-4-3-5-15(21)10-14/h3-7,10-12H,8-9H2,1-2H3. The van der Waals surface area contributed by atoms with Crippen LogP contribution in [0.15, 0.2) is 47.4 Å². The highest BCUT2D eigenvalue weighted by molar-refractivity contribution is 8.26. The average Bonchev–Trinajstić information content (AvgIpc) is 2.92. The summed E-state index contributed by atoms with van der Waals surface area (Å²) in [5.74, 6) is 1.27. The van der Waals surface area contributed by atoms with Gasteiger partial charge in [0.15, 0.2) is 11.5 Å². The van der Waals surface area contributed by atoms with Gasteiger partial charge in [0, 0.05) is 11.6 Å². The Morgan fingerprint density at radius 1 is 1.15 bits per heavy atom. The van der Waals surface area contributed by atoms with Crippen molar-refractivity contribution in [2.24, 2.45) is 0 Å². The van der Waals surface area contributed by atoms with E-state index in [-0.39, 0.29) is 5.91 Å². The summed E-state index contributed by atoms with van der Waals surface area (Å²) in [5, 5.41) is 0.632. The van der Waals surface area contributed by atoms with Gasteiger partial charge in [-0.25, -0.2) is 0 Å². The van der Waals surface area contributed by atoms with E-state index in [0.717, 1.165) is 11.1 Å². The van der Waals surface area contributed by atoms with E-state index in [2.05, 4.69) is 0 Å². The molecule has 27 heavy (non-hydrogen) atoms. The minimum atomic E-state index is -0.0783. The minimum absolute atomic E-state index is 0.0783. The number of hydrogen-bond donors (Lipinski definition) is 0. The van der Waals surface area contributed by atoms with Crippen LogP contribution >= 0.6 is 35.6 Å². The number of halogens is 1. The lowest BCUT2D eigenvalue weighted by atomic mass is 10.1. The van der Waals surface area contributed by atoms with Crippen LogP contribution in [0.4, 0.5) is 0 Å². The quantitative estimate of drug-likeness (QED) is 0.496. The smallest absolute Gasteiger partial charge is 0.266 e. The second kappa shape index (κ2) is 8.78. The number of benzene rings is 2. The van der Waals surface area contributed by atoms with Gasteiger partial charge in [-0.3, -0.25) is 9.69 Å². The van der Waals surface area contributed by atoms with Crippen LogP contribution in [0.3, 0.4) is 0 Å². The first kappa shape index (κ1) is 19.7. The lowest BCUT2D eigenvalue weighted by Gasteiger charge is -2.15. The van der Waals surface area contributed by atoms with Gasteiger partial charge in [0.05, 0.1) is 19.1 Å². The molecule has 0 aromatic heterocycles. The molecule has 2 aromatic rings. The fraction of sp³-hybridized carbons (Fsp3) is 0.200. The van der Waals surface area contributed by atoms with Crippen LogP contribution in [0.25, 0.3) is 6.08 Å². The van der Waals surface area contributed by atoms with Crippen LogP contribution in [0.1, 0.15) is 11.1 Å². The van der Waals surface area contributed by atoms with Crippen molar-refractivity contribution in [3.63, 3.8) is 0 Å². The van der Waals surface area contributed by atoms with E-state index >= 15 is 0 Å². The highest BCUT2D eigenvalue weighted by atomic mass is 35.5. The van der Waals surface area contributed by atoms with Crippen molar-refractivity contribution in [3.8, 4) is 11.5 Å². The molecular weight excluding hydrogens is 402 g/mol. The summed E-state index contributed by atoms with van der Waals surface area (Å²) in [6, 6.07) is 13.1. The molecule has 0 N–H and O–H groups in total. The molecule has 0 spiro atoms. The number of amides is 1. The Morgan fingerprint density at radius 2 is 1.93 bits per heavy atom. The highest BCUT2D eigenvalue weighted by Gasteiger charge is 2.31. The highest BCUT2D eigenvalue weighted by Crippen LogP contribution is 2.33. The molecule has 4 nitrogen and oxygen atoms in total. The fourth-order valence-electron chi connectivity index (χ4n) is 2.72. The predicted octanol–water partition coefficient (Wildman–Crippen LogP) is 4.80. The normalized spacial score (nSPS) is 15.5. The molecule has 3 rings (SSSR count). The van der Waals surface area contributed by atoms with E-state index in [1.807, 2.05) is 42.5 Å². The number of nitrogens with zero attached hydrogens (tertiary/aromatic N) is 1. The Bertz CT molecular complexity index is 914. The Labute approximate surface area is 173 Å². The number of carbonyl (C=O) groups is 1. The molecule has 0 unspecified atom stereocenters. The summed E-state index contributed by atoms with van der Waals surface area (Å²) < 4.78 is 11.1. The molecule has 0 atom stereocenters. The molecule has 1 saturated heterocycles. The molecule has 1 aliphatic heterocycles. The maximum absolute atomic E-state index is 12.7. The molecule has 0 bridgehead atoms. The van der Waals surface area contributed by atoms with E-state index in [0.29, 0.717) is 38.7 Å². The monoisotopic (exact) mass is 419 g/mol. The molecular formula is C20H18ClNO3S2. The zero-order valence-corrected chi connectivity index (χ0v) is 17.3. The molecule has 7 heteroatoms. The first-order chi connectivity index (χ1) is 13.0. The molecule has 1 fully saturated rings. The Morgan fingerprint density at radius 3 is 2.63 bits per heavy atom. The van der Waals surface area contributed by atoms with E-state index in [4.69, 9.17) is 33.3 Å². The molecule has 0 radical (unpaired) electrons. The van der Waals surface area contributed by atoms with Crippen LogP contribution < -0.4 is 9.47 Å². The van der Waals surface area contributed by atoms with E-state index in [1.165, 1.54) is 11.8 Å². The number of carbonyl (C=O) groups excluding carboxylic acids is 1. The van der Waals surface area contributed by atoms with Crippen molar-refractivity contribution in [2.45, 2.75) is 6.42 Å². The number of thioether (sulfide) groups is 1. The summed E-state index contributed by atoms with van der Waals surface area (Å²) in [6.45, 7) is 0.507. The van der Waals surface area contributed by atoms with Crippen LogP contribution in [-0.4, -0.2) is 35.9 Å². The van der Waals surface area contributed by atoms with Crippen molar-refractivity contribution in [1.82, 2.24) is 4.90 Å². The van der Waals surface area contributed by atoms with E-state index < -0.39 is 0 Å². The van der Waals surface area contributed by atoms with Gasteiger partial charge in [-0.1, -0.05) is 53.8 Å². The lowest BCUT2D eigenvalue weighted by molar-refractivity contribution is -0.122. The van der Waals surface area contributed by atoms with Gasteiger partial charge in [-0.05, 0) is 47.9 Å². The van der Waals surface area contributed by atoms with Crippen molar-refractivity contribution in [3.05, 3.63) is 63.5 Å². The third-order valence-corrected chi connectivity index (χ3v) is 5.70. The molecule has 2 aromatic carbocycles. The predicted molar refractivity (Wildman–Crippen MR) is 115 cm³/mol. The van der Waals surface area contributed by atoms with Crippen LogP contribution in [-0.2, 0) is 11.2 Å². The van der Waals surface area contributed by atoms with Gasteiger partial charge in [-0.2, -0.15) is 0 Å². The average molecular weight is 420 g/mol. The van der Waals surface area contributed by atoms with Crippen molar-refractivity contribution in [1.29, 1.82) is 0 Å². The van der Waals surface area contributed by atoms with Crippen molar-refractivity contribution >= 4 is 51.9 Å². The maximum atomic E-state index is 12.7. The number of rotatable bonds is 6. The van der Waals surface area contributed by atoms with Gasteiger partial charge in [0.25, 0.3) is 5.91 Å². The molecule has 140 valence electrons. The summed E-state index contributed by atoms with van der Waals surface area (Å²) in [7, 11) is 3.20. The van der Waals surface area contributed by atoms with Crippen molar-refractivity contribution in [2.75, 3.05) is 20.8 Å². The van der Waals surface area contributed by atoms with Crippen LogP contribution in [0.5, 0.6) is 11.5 Å². The van der Waals surface area contributed by atoms with Crippen molar-refractivity contribution < 1.29 is 14.3 Å². The topological polar surface area (TPSA) is 38.8 Å². The minimum Gasteiger partial charge on any atom is -0.493 e. The number of methoxy groups -OCH3 is 2. The summed E-state index contributed by atoms with van der Waals surface area (Å²) >= 11 is 12.7. The maximum Gasteiger partial charge on any atom is 0.266 e. The number of hydrogen-bond acceptors (Lipinski definition) is 5. The summed E-state index contributed by atoms with van der Waals surface area (Å²) in [4.78, 5) is 15.0. The Kier molecular flexibility index (Phi) is 6.42. The largest absolute Gasteiger partial charge is 0.493 e. The van der Waals surface area contributed by atoms with Gasteiger partial charge in [-0.15, -0.1) is 0 Å². The van der Waals surface area contributed by atoms with E-state index in [1.54, 1.807) is 25.2 Å². The third kappa shape index (κ3) is 4.64. The molecule has 1 heterocycles. The van der Waals surface area contributed by atoms with Crippen LogP contribution in [0.2, 0.25) is 5.02 Å². The molecule has 1 amide bonds. The fourth-order valence-corrected chi connectivity index (χ4v) is 4.22. The van der Waals surface area contributed by atoms with Gasteiger partial charge >= 0.3 is 0 Å². The SMILES string of the molecule is COc1ccc(CCN2C(=O)C(=Cc3cccc(Cl)c3)SC2=S)cc1OC. The molecule has 0 saturated carbocycles. The van der Waals surface area contributed by atoms with Gasteiger partial charge in [0.1, 0.15) is 4.32 Å². The summed E-state index contributed by atoms with van der Waals surface area (Å²) in [5.41, 5.74) is 1.92. The lowest BCUT2D eigenvalue weighted by Crippen LogP contribution is -2.30. The summed E-state index contributed by atoms with van der Waals surface area (Å²) in [6.07, 6.45) is 2.48.